The van der Waals surface area contributed by atoms with Gasteiger partial charge in [0, 0.05) is 36.5 Å². The maximum Gasteiger partial charge on any atom is 0.411 e. The summed E-state index contributed by atoms with van der Waals surface area (Å²) < 4.78 is 5.68. The van der Waals surface area contributed by atoms with Gasteiger partial charge in [-0.05, 0) is 35.4 Å². The van der Waals surface area contributed by atoms with Gasteiger partial charge in [-0.25, -0.2) is 4.79 Å². The first-order valence-corrected chi connectivity index (χ1v) is 10.6. The van der Waals surface area contributed by atoms with Crippen molar-refractivity contribution in [3.8, 4) is 11.3 Å². The van der Waals surface area contributed by atoms with Crippen LogP contribution in [0, 0.1) is 0 Å². The zero-order valence-corrected chi connectivity index (χ0v) is 17.5. The second-order valence-corrected chi connectivity index (χ2v) is 8.20. The van der Waals surface area contributed by atoms with E-state index in [2.05, 4.69) is 62.9 Å². The monoisotopic (exact) mass is 426 g/mol. The van der Waals surface area contributed by atoms with E-state index in [1.807, 2.05) is 36.3 Å². The minimum Gasteiger partial charge on any atom is -0.445 e. The van der Waals surface area contributed by atoms with E-state index < -0.39 is 6.09 Å². The summed E-state index contributed by atoms with van der Waals surface area (Å²) in [7, 11) is 1.96. The van der Waals surface area contributed by atoms with Crippen molar-refractivity contribution >= 4 is 34.1 Å². The van der Waals surface area contributed by atoms with Crippen molar-refractivity contribution in [3.05, 3.63) is 71.8 Å². The number of H-pyrrole nitrogens is 1. The van der Waals surface area contributed by atoms with E-state index in [1.165, 1.54) is 0 Å². The van der Waals surface area contributed by atoms with Crippen LogP contribution in [0.2, 0.25) is 0 Å². The van der Waals surface area contributed by atoms with Crippen LogP contribution in [0.3, 0.4) is 0 Å². The number of ether oxygens (including phenoxy) is 1. The maximum absolute atomic E-state index is 12.4. The van der Waals surface area contributed by atoms with E-state index in [1.54, 1.807) is 0 Å². The Balaban J connectivity index is 1.38. The summed E-state index contributed by atoms with van der Waals surface area (Å²) >= 11 is 0. The van der Waals surface area contributed by atoms with E-state index in [4.69, 9.17) is 4.74 Å². The number of carbonyl (C=O) groups excluding carboxylic acids is 1. The highest BCUT2D eigenvalue weighted by Crippen LogP contribution is 2.36. The molecule has 0 spiro atoms. The van der Waals surface area contributed by atoms with Crippen molar-refractivity contribution in [1.82, 2.24) is 15.7 Å². The van der Waals surface area contributed by atoms with Crippen molar-refractivity contribution < 1.29 is 9.53 Å². The van der Waals surface area contributed by atoms with Crippen LogP contribution in [0.25, 0.3) is 22.2 Å². The Morgan fingerprint density at radius 2 is 1.97 bits per heavy atom. The van der Waals surface area contributed by atoms with E-state index in [0.717, 1.165) is 50.3 Å². The molecule has 0 saturated carbocycles. The number of hydrazine groups is 2. The number of rotatable bonds is 3. The molecule has 3 heterocycles. The Hall–Kier alpha value is -4.04. The highest BCUT2D eigenvalue weighted by Gasteiger charge is 2.25. The minimum atomic E-state index is -0.426. The Kier molecular flexibility index (Phi) is 4.26. The molecule has 1 aromatic heterocycles. The molecule has 8 heteroatoms. The molecule has 8 nitrogen and oxygen atoms in total. The van der Waals surface area contributed by atoms with Gasteiger partial charge in [-0.2, -0.15) is 5.10 Å². The fourth-order valence-electron chi connectivity index (χ4n) is 4.46. The zero-order valence-electron chi connectivity index (χ0n) is 17.5. The average molecular weight is 426 g/mol. The quantitative estimate of drug-likeness (QED) is 0.392. The van der Waals surface area contributed by atoms with Crippen LogP contribution in [0.4, 0.5) is 21.9 Å². The topological polar surface area (TPSA) is 94.3 Å². The number of hydrogen-bond donors (Lipinski definition) is 4. The molecule has 0 bridgehead atoms. The SMILES string of the molecule is CN1NNc2cc(-c3n[nH]c4cc5c(cc34)CC(Cc3ccccc3)OC(=O)N5)ccc21. The molecule has 1 amide bonds. The summed E-state index contributed by atoms with van der Waals surface area (Å²) in [6.45, 7) is 0. The normalized spacial score (nSPS) is 17.2. The number of cyclic esters (lactones) is 1. The van der Waals surface area contributed by atoms with E-state index in [9.17, 15) is 4.79 Å². The summed E-state index contributed by atoms with van der Waals surface area (Å²) in [5.74, 6) is 0. The molecule has 1 atom stereocenters. The molecule has 6 rings (SSSR count). The van der Waals surface area contributed by atoms with Crippen LogP contribution in [-0.4, -0.2) is 29.4 Å². The van der Waals surface area contributed by atoms with Crippen LogP contribution in [-0.2, 0) is 17.6 Å². The largest absolute Gasteiger partial charge is 0.445 e. The number of fused-ring (bicyclic) bond motifs is 3. The lowest BCUT2D eigenvalue weighted by atomic mass is 9.97. The van der Waals surface area contributed by atoms with Crippen LogP contribution < -0.4 is 21.3 Å². The second kappa shape index (κ2) is 7.28. The molecule has 4 aromatic rings. The van der Waals surface area contributed by atoms with Crippen molar-refractivity contribution in [3.63, 3.8) is 0 Å². The van der Waals surface area contributed by atoms with Gasteiger partial charge in [-0.15, -0.1) is 5.53 Å². The minimum absolute atomic E-state index is 0.239. The van der Waals surface area contributed by atoms with Gasteiger partial charge in [-0.3, -0.25) is 15.4 Å². The molecule has 0 aliphatic carbocycles. The molecule has 160 valence electrons. The number of amides is 1. The third-order valence-corrected chi connectivity index (χ3v) is 6.04. The van der Waals surface area contributed by atoms with E-state index >= 15 is 0 Å². The maximum atomic E-state index is 12.4. The number of aromatic nitrogens is 2. The Morgan fingerprint density at radius 3 is 2.84 bits per heavy atom. The molecule has 32 heavy (non-hydrogen) atoms. The summed E-state index contributed by atoms with van der Waals surface area (Å²) in [6.07, 6.45) is 0.632. The lowest BCUT2D eigenvalue weighted by Crippen LogP contribution is -2.31. The lowest BCUT2D eigenvalue weighted by molar-refractivity contribution is 0.113. The van der Waals surface area contributed by atoms with Gasteiger partial charge in [0.1, 0.15) is 6.10 Å². The molecule has 2 aliphatic heterocycles. The molecule has 4 N–H and O–H groups in total. The van der Waals surface area contributed by atoms with Crippen molar-refractivity contribution in [2.45, 2.75) is 18.9 Å². The molecule has 1 unspecified atom stereocenters. The van der Waals surface area contributed by atoms with Gasteiger partial charge in [0.05, 0.1) is 22.6 Å². The van der Waals surface area contributed by atoms with Crippen LogP contribution in [0.1, 0.15) is 11.1 Å². The van der Waals surface area contributed by atoms with E-state index in [0.29, 0.717) is 12.8 Å². The van der Waals surface area contributed by atoms with E-state index in [-0.39, 0.29) is 6.10 Å². The first kappa shape index (κ1) is 18.7. The van der Waals surface area contributed by atoms with Crippen LogP contribution in [0.5, 0.6) is 0 Å². The smallest absolute Gasteiger partial charge is 0.411 e. The highest BCUT2D eigenvalue weighted by molar-refractivity contribution is 5.99. The van der Waals surface area contributed by atoms with Crippen molar-refractivity contribution in [2.24, 2.45) is 0 Å². The summed E-state index contributed by atoms with van der Waals surface area (Å²) in [5.41, 5.74) is 14.0. The fourth-order valence-corrected chi connectivity index (χ4v) is 4.46. The predicted octanol–water partition coefficient (Wildman–Crippen LogP) is 4.23. The summed E-state index contributed by atoms with van der Waals surface area (Å²) in [5, 5.41) is 13.5. The molecular weight excluding hydrogens is 404 g/mol. The van der Waals surface area contributed by atoms with Gasteiger partial charge >= 0.3 is 6.09 Å². The van der Waals surface area contributed by atoms with Gasteiger partial charge < -0.3 is 10.2 Å². The summed E-state index contributed by atoms with van der Waals surface area (Å²) in [4.78, 5) is 12.4. The molecule has 2 aliphatic rings. The third kappa shape index (κ3) is 3.21. The number of carbonyl (C=O) groups is 1. The number of anilines is 3. The number of nitrogens with zero attached hydrogens (tertiary/aromatic N) is 2. The average Bonchev–Trinajstić information content (AvgIpc) is 3.32. The molecule has 0 radical (unpaired) electrons. The number of nitrogens with one attached hydrogen (secondary N) is 4. The van der Waals surface area contributed by atoms with Gasteiger partial charge in [0.2, 0.25) is 0 Å². The molecule has 3 aromatic carbocycles. The van der Waals surface area contributed by atoms with Gasteiger partial charge in [-0.1, -0.05) is 36.4 Å². The van der Waals surface area contributed by atoms with Crippen LogP contribution in [0.15, 0.2) is 60.7 Å². The summed E-state index contributed by atoms with van der Waals surface area (Å²) in [6, 6.07) is 20.3. The second-order valence-electron chi connectivity index (χ2n) is 8.20. The zero-order chi connectivity index (χ0) is 21.7. The molecule has 0 saturated heterocycles. The molecular formula is C24H22N6O2. The predicted molar refractivity (Wildman–Crippen MR) is 124 cm³/mol. The number of aromatic amines is 1. The fraction of sp³-hybridized carbons (Fsp3) is 0.167. The van der Waals surface area contributed by atoms with Gasteiger partial charge in [0.25, 0.3) is 0 Å². The first-order valence-electron chi connectivity index (χ1n) is 10.6. The molecule has 0 fully saturated rings. The van der Waals surface area contributed by atoms with Crippen molar-refractivity contribution in [2.75, 3.05) is 22.8 Å². The Morgan fingerprint density at radius 1 is 1.09 bits per heavy atom. The van der Waals surface area contributed by atoms with Crippen LogP contribution >= 0.6 is 0 Å². The number of hydrogen-bond acceptors (Lipinski definition) is 6. The lowest BCUT2D eigenvalue weighted by Gasteiger charge is -2.14. The van der Waals surface area contributed by atoms with Crippen molar-refractivity contribution in [1.29, 1.82) is 0 Å². The highest BCUT2D eigenvalue weighted by atomic mass is 16.6. The standard InChI is InChI=1S/C24H22N6O2/c1-30-22-8-7-15(12-21(22)27-29-30)23-18-11-16-10-17(9-14-5-3-2-4-6-14)32-24(31)25-19(16)13-20(18)26-28-23/h2-8,11-13,17,27,29H,9-10H2,1H3,(H,25,31)(H,26,28). The third-order valence-electron chi connectivity index (χ3n) is 6.04. The number of benzene rings is 3. The van der Waals surface area contributed by atoms with Gasteiger partial charge in [0.15, 0.2) is 0 Å². The Labute approximate surface area is 184 Å². The Bertz CT molecular complexity index is 1330. The first-order chi connectivity index (χ1) is 15.6.